The first-order valence-corrected chi connectivity index (χ1v) is 5.45. The van der Waals surface area contributed by atoms with Gasteiger partial charge in [0.05, 0.1) is 10.7 Å². The van der Waals surface area contributed by atoms with Crippen LogP contribution in [0.25, 0.3) is 0 Å². The Labute approximate surface area is 92.0 Å². The van der Waals surface area contributed by atoms with Crippen molar-refractivity contribution in [3.05, 3.63) is 40.3 Å². The Morgan fingerprint density at radius 1 is 1.47 bits per heavy atom. The van der Waals surface area contributed by atoms with Gasteiger partial charge in [0.25, 0.3) is 0 Å². The molecule has 1 aromatic heterocycles. The van der Waals surface area contributed by atoms with Gasteiger partial charge in [0.1, 0.15) is 18.1 Å². The molecule has 3 nitrogen and oxygen atoms in total. The highest BCUT2D eigenvalue weighted by Gasteiger charge is 2.00. The molecule has 2 aromatic rings. The van der Waals surface area contributed by atoms with Crippen molar-refractivity contribution in [2.45, 2.75) is 13.5 Å². The van der Waals surface area contributed by atoms with Gasteiger partial charge in [-0.25, -0.2) is 4.98 Å². The molecule has 4 heteroatoms. The lowest BCUT2D eigenvalue weighted by Gasteiger charge is -2.03. The van der Waals surface area contributed by atoms with E-state index < -0.39 is 0 Å². The van der Waals surface area contributed by atoms with E-state index in [4.69, 9.17) is 4.74 Å². The van der Waals surface area contributed by atoms with Crippen LogP contribution < -0.4 is 4.74 Å². The highest BCUT2D eigenvalue weighted by Crippen LogP contribution is 2.19. The summed E-state index contributed by atoms with van der Waals surface area (Å²) in [6, 6.07) is 6.75. The maximum absolute atomic E-state index is 9.22. The zero-order valence-electron chi connectivity index (χ0n) is 8.30. The van der Waals surface area contributed by atoms with Gasteiger partial charge < -0.3 is 9.84 Å². The molecule has 0 spiro atoms. The fraction of sp³-hybridized carbons (Fsp3) is 0.182. The van der Waals surface area contributed by atoms with Crippen molar-refractivity contribution in [1.29, 1.82) is 0 Å². The van der Waals surface area contributed by atoms with Crippen LogP contribution in [0.3, 0.4) is 0 Å². The number of aryl methyl sites for hydroxylation is 1. The summed E-state index contributed by atoms with van der Waals surface area (Å²) in [4.78, 5) is 4.28. The topological polar surface area (TPSA) is 42.4 Å². The first-order chi connectivity index (χ1) is 7.24. The average molecular weight is 221 g/mol. The Bertz CT molecular complexity index is 453. The number of hydrogen-bond donors (Lipinski definition) is 1. The van der Waals surface area contributed by atoms with E-state index >= 15 is 0 Å². The predicted molar refractivity (Wildman–Crippen MR) is 59.3 cm³/mol. The zero-order chi connectivity index (χ0) is 10.7. The van der Waals surface area contributed by atoms with E-state index in [-0.39, 0.29) is 5.75 Å². The molecule has 0 bridgehead atoms. The summed E-state index contributed by atoms with van der Waals surface area (Å²) in [6.45, 7) is 2.40. The summed E-state index contributed by atoms with van der Waals surface area (Å²) < 4.78 is 5.47. The molecule has 0 amide bonds. The fourth-order valence-corrected chi connectivity index (χ4v) is 1.80. The van der Waals surface area contributed by atoms with Crippen molar-refractivity contribution in [3.63, 3.8) is 0 Å². The minimum absolute atomic E-state index is 0.210. The second kappa shape index (κ2) is 4.31. The van der Waals surface area contributed by atoms with E-state index in [2.05, 4.69) is 4.98 Å². The molecule has 1 N–H and O–H groups in total. The summed E-state index contributed by atoms with van der Waals surface area (Å²) in [5.41, 5.74) is 0.917. The van der Waals surface area contributed by atoms with Crippen molar-refractivity contribution in [2.75, 3.05) is 0 Å². The van der Waals surface area contributed by atoms with E-state index in [1.165, 1.54) is 0 Å². The van der Waals surface area contributed by atoms with Gasteiger partial charge in [0, 0.05) is 11.4 Å². The number of benzene rings is 1. The lowest BCUT2D eigenvalue weighted by Crippen LogP contribution is -1.95. The molecule has 2 rings (SSSR count). The van der Waals surface area contributed by atoms with Gasteiger partial charge in [0.2, 0.25) is 0 Å². The normalized spacial score (nSPS) is 10.2. The molecule has 0 aliphatic rings. The molecule has 0 atom stereocenters. The SMILES string of the molecule is Cc1nc(COc2cccc(O)c2)cs1. The number of aromatic nitrogens is 1. The van der Waals surface area contributed by atoms with Crippen molar-refractivity contribution in [2.24, 2.45) is 0 Å². The summed E-state index contributed by atoms with van der Waals surface area (Å²) in [5.74, 6) is 0.864. The number of thiazole rings is 1. The number of phenols is 1. The van der Waals surface area contributed by atoms with Gasteiger partial charge in [-0.2, -0.15) is 0 Å². The van der Waals surface area contributed by atoms with Gasteiger partial charge >= 0.3 is 0 Å². The lowest BCUT2D eigenvalue weighted by molar-refractivity contribution is 0.300. The molecule has 0 aliphatic heterocycles. The van der Waals surface area contributed by atoms with Crippen LogP contribution in [-0.4, -0.2) is 10.1 Å². The molecule has 0 radical (unpaired) electrons. The molecule has 0 fully saturated rings. The fourth-order valence-electron chi connectivity index (χ4n) is 1.21. The van der Waals surface area contributed by atoms with E-state index in [9.17, 15) is 5.11 Å². The van der Waals surface area contributed by atoms with Crippen LogP contribution in [-0.2, 0) is 6.61 Å². The van der Waals surface area contributed by atoms with Crippen molar-refractivity contribution >= 4 is 11.3 Å². The zero-order valence-corrected chi connectivity index (χ0v) is 9.12. The largest absolute Gasteiger partial charge is 0.508 e. The molecule has 0 saturated heterocycles. The summed E-state index contributed by atoms with van der Waals surface area (Å²) in [6.07, 6.45) is 0. The van der Waals surface area contributed by atoms with Crippen LogP contribution in [0.2, 0.25) is 0 Å². The number of nitrogens with zero attached hydrogens (tertiary/aromatic N) is 1. The quantitative estimate of drug-likeness (QED) is 0.866. The molecule has 0 saturated carbocycles. The highest BCUT2D eigenvalue weighted by molar-refractivity contribution is 7.09. The van der Waals surface area contributed by atoms with Gasteiger partial charge in [-0.3, -0.25) is 0 Å². The maximum atomic E-state index is 9.22. The predicted octanol–water partition coefficient (Wildman–Crippen LogP) is 2.74. The Balaban J connectivity index is 1.99. The van der Waals surface area contributed by atoms with Crippen LogP contribution in [0.15, 0.2) is 29.6 Å². The Hall–Kier alpha value is -1.55. The number of ether oxygens (including phenoxy) is 1. The second-order valence-electron chi connectivity index (χ2n) is 3.14. The molecule has 15 heavy (non-hydrogen) atoms. The molecular formula is C11H11NO2S. The maximum Gasteiger partial charge on any atom is 0.131 e. The minimum Gasteiger partial charge on any atom is -0.508 e. The molecular weight excluding hydrogens is 210 g/mol. The lowest BCUT2D eigenvalue weighted by atomic mass is 10.3. The Morgan fingerprint density at radius 3 is 3.00 bits per heavy atom. The average Bonchev–Trinajstić information content (AvgIpc) is 2.62. The van der Waals surface area contributed by atoms with Gasteiger partial charge in [-0.15, -0.1) is 11.3 Å². The smallest absolute Gasteiger partial charge is 0.131 e. The molecule has 0 unspecified atom stereocenters. The third-order valence-electron chi connectivity index (χ3n) is 1.87. The highest BCUT2D eigenvalue weighted by atomic mass is 32.1. The van der Waals surface area contributed by atoms with E-state index in [1.54, 1.807) is 35.6 Å². The minimum atomic E-state index is 0.210. The Morgan fingerprint density at radius 2 is 2.33 bits per heavy atom. The summed E-state index contributed by atoms with van der Waals surface area (Å²) in [5, 5.41) is 12.2. The molecule has 1 aromatic carbocycles. The third kappa shape index (κ3) is 2.70. The Kier molecular flexibility index (Phi) is 2.87. The van der Waals surface area contributed by atoms with E-state index in [0.717, 1.165) is 10.7 Å². The summed E-state index contributed by atoms with van der Waals surface area (Å²) in [7, 11) is 0. The number of phenolic OH excluding ortho intramolecular Hbond substituents is 1. The molecule has 78 valence electrons. The van der Waals surface area contributed by atoms with Crippen LogP contribution in [0.4, 0.5) is 0 Å². The van der Waals surface area contributed by atoms with Gasteiger partial charge in [0.15, 0.2) is 0 Å². The number of hydrogen-bond acceptors (Lipinski definition) is 4. The number of rotatable bonds is 3. The first-order valence-electron chi connectivity index (χ1n) is 4.57. The summed E-state index contributed by atoms with van der Waals surface area (Å²) >= 11 is 1.60. The molecule has 0 aliphatic carbocycles. The van der Waals surface area contributed by atoms with Crippen molar-refractivity contribution in [3.8, 4) is 11.5 Å². The van der Waals surface area contributed by atoms with Gasteiger partial charge in [-0.05, 0) is 19.1 Å². The standard InChI is InChI=1S/C11H11NO2S/c1-8-12-9(7-15-8)6-14-11-4-2-3-10(13)5-11/h2-5,7,13H,6H2,1H3. The van der Waals surface area contributed by atoms with Crippen molar-refractivity contribution in [1.82, 2.24) is 4.98 Å². The first kappa shape index (κ1) is 9.98. The number of aromatic hydroxyl groups is 1. The van der Waals surface area contributed by atoms with E-state index in [1.807, 2.05) is 12.3 Å². The van der Waals surface area contributed by atoms with E-state index in [0.29, 0.717) is 12.4 Å². The third-order valence-corrected chi connectivity index (χ3v) is 2.69. The monoisotopic (exact) mass is 221 g/mol. The van der Waals surface area contributed by atoms with Crippen LogP contribution in [0, 0.1) is 6.92 Å². The van der Waals surface area contributed by atoms with Crippen LogP contribution in [0.1, 0.15) is 10.7 Å². The van der Waals surface area contributed by atoms with Crippen LogP contribution in [0.5, 0.6) is 11.5 Å². The van der Waals surface area contributed by atoms with Gasteiger partial charge in [-0.1, -0.05) is 6.07 Å². The molecule has 1 heterocycles. The van der Waals surface area contributed by atoms with Crippen LogP contribution >= 0.6 is 11.3 Å². The van der Waals surface area contributed by atoms with Crippen molar-refractivity contribution < 1.29 is 9.84 Å². The second-order valence-corrected chi connectivity index (χ2v) is 4.21.